The van der Waals surface area contributed by atoms with Gasteiger partial charge in [0.1, 0.15) is 5.82 Å². The van der Waals surface area contributed by atoms with Crippen molar-refractivity contribution < 1.29 is 4.39 Å². The summed E-state index contributed by atoms with van der Waals surface area (Å²) in [7, 11) is 0. The number of halogens is 3. The molecule has 0 bridgehead atoms. The molecular formula is C6H3BrClFS. The molecule has 1 rings (SSSR count). The van der Waals surface area contributed by atoms with Crippen LogP contribution in [0.4, 0.5) is 4.39 Å². The third-order valence-corrected chi connectivity index (χ3v) is 2.61. The van der Waals surface area contributed by atoms with E-state index in [1.807, 2.05) is 0 Å². The lowest BCUT2D eigenvalue weighted by Gasteiger charge is -1.97. The summed E-state index contributed by atoms with van der Waals surface area (Å²) in [6.45, 7) is 0. The van der Waals surface area contributed by atoms with Crippen molar-refractivity contribution in [3.63, 3.8) is 0 Å². The molecule has 0 atom stereocenters. The molecule has 0 amide bonds. The van der Waals surface area contributed by atoms with E-state index in [4.69, 9.17) is 11.6 Å². The molecule has 1 aromatic rings. The van der Waals surface area contributed by atoms with Crippen LogP contribution in [-0.2, 0) is 0 Å². The fourth-order valence-corrected chi connectivity index (χ4v) is 1.26. The minimum absolute atomic E-state index is 0.0909. The zero-order valence-corrected chi connectivity index (χ0v) is 7.97. The quantitative estimate of drug-likeness (QED) is 0.521. The van der Waals surface area contributed by atoms with Crippen molar-refractivity contribution in [2.75, 3.05) is 0 Å². The first-order chi connectivity index (χ1) is 4.61. The molecule has 54 valence electrons. The van der Waals surface area contributed by atoms with Crippen molar-refractivity contribution in [2.24, 2.45) is 0 Å². The van der Waals surface area contributed by atoms with Crippen molar-refractivity contribution in [1.29, 1.82) is 0 Å². The van der Waals surface area contributed by atoms with E-state index < -0.39 is 5.82 Å². The molecule has 0 heterocycles. The van der Waals surface area contributed by atoms with Crippen LogP contribution in [0.25, 0.3) is 0 Å². The Morgan fingerprint density at radius 2 is 2.10 bits per heavy atom. The van der Waals surface area contributed by atoms with Crippen molar-refractivity contribution in [3.8, 4) is 0 Å². The van der Waals surface area contributed by atoms with Gasteiger partial charge in [-0.25, -0.2) is 4.39 Å². The van der Waals surface area contributed by atoms with Gasteiger partial charge in [0, 0.05) is 9.37 Å². The third kappa shape index (κ3) is 1.65. The fourth-order valence-electron chi connectivity index (χ4n) is 0.512. The third-order valence-electron chi connectivity index (χ3n) is 0.990. The van der Waals surface area contributed by atoms with E-state index in [0.717, 1.165) is 0 Å². The van der Waals surface area contributed by atoms with Gasteiger partial charge in [-0.3, -0.25) is 0 Å². The van der Waals surface area contributed by atoms with Crippen LogP contribution in [0, 0.1) is 5.82 Å². The SMILES string of the molecule is Fc1cc(Br)c(S)cc1Cl. The van der Waals surface area contributed by atoms with Gasteiger partial charge in [0.25, 0.3) is 0 Å². The van der Waals surface area contributed by atoms with E-state index in [1.165, 1.54) is 12.1 Å². The molecule has 0 fully saturated rings. The molecule has 0 aromatic heterocycles. The molecule has 0 radical (unpaired) electrons. The molecule has 0 aliphatic heterocycles. The smallest absolute Gasteiger partial charge is 0.142 e. The van der Waals surface area contributed by atoms with Crippen LogP contribution in [0.3, 0.4) is 0 Å². The Morgan fingerprint density at radius 3 is 2.60 bits per heavy atom. The normalized spacial score (nSPS) is 10.0. The first kappa shape index (κ1) is 8.37. The summed E-state index contributed by atoms with van der Waals surface area (Å²) >= 11 is 12.6. The minimum atomic E-state index is -0.439. The molecule has 0 spiro atoms. The summed E-state index contributed by atoms with van der Waals surface area (Å²) in [4.78, 5) is 0.631. The van der Waals surface area contributed by atoms with Gasteiger partial charge in [0.15, 0.2) is 0 Å². The second-order valence-corrected chi connectivity index (χ2v) is 3.46. The van der Waals surface area contributed by atoms with Crippen molar-refractivity contribution >= 4 is 40.2 Å². The highest BCUT2D eigenvalue weighted by Crippen LogP contribution is 2.26. The van der Waals surface area contributed by atoms with E-state index in [-0.39, 0.29) is 5.02 Å². The van der Waals surface area contributed by atoms with Gasteiger partial charge in [0.05, 0.1) is 5.02 Å². The average molecular weight is 242 g/mol. The van der Waals surface area contributed by atoms with E-state index in [2.05, 4.69) is 28.6 Å². The highest BCUT2D eigenvalue weighted by molar-refractivity contribution is 9.10. The van der Waals surface area contributed by atoms with Gasteiger partial charge in [-0.1, -0.05) is 11.6 Å². The second-order valence-electron chi connectivity index (χ2n) is 1.72. The Morgan fingerprint density at radius 1 is 1.50 bits per heavy atom. The molecule has 0 aliphatic carbocycles. The first-order valence-electron chi connectivity index (χ1n) is 2.45. The van der Waals surface area contributed by atoms with Gasteiger partial charge in [-0.15, -0.1) is 12.6 Å². The summed E-state index contributed by atoms with van der Waals surface area (Å²) < 4.78 is 13.2. The Balaban J connectivity index is 3.28. The summed E-state index contributed by atoms with van der Waals surface area (Å²) in [5.41, 5.74) is 0. The molecule has 0 aliphatic rings. The maximum atomic E-state index is 12.6. The predicted octanol–water partition coefficient (Wildman–Crippen LogP) is 3.53. The lowest BCUT2D eigenvalue weighted by atomic mass is 10.3. The summed E-state index contributed by atoms with van der Waals surface area (Å²) in [6.07, 6.45) is 0. The summed E-state index contributed by atoms with van der Waals surface area (Å²) in [5, 5.41) is 0.0909. The zero-order valence-electron chi connectivity index (χ0n) is 4.74. The standard InChI is InChI=1S/C6H3BrClFS/c7-3-1-5(9)4(8)2-6(3)10/h1-2,10H. The van der Waals surface area contributed by atoms with E-state index >= 15 is 0 Å². The predicted molar refractivity (Wildman–Crippen MR) is 46.4 cm³/mol. The Bertz CT molecular complexity index is 214. The fraction of sp³-hybridized carbons (Fsp3) is 0. The van der Waals surface area contributed by atoms with Crippen molar-refractivity contribution in [2.45, 2.75) is 4.90 Å². The van der Waals surface area contributed by atoms with Gasteiger partial charge in [-0.2, -0.15) is 0 Å². The number of hydrogen-bond acceptors (Lipinski definition) is 1. The van der Waals surface area contributed by atoms with E-state index in [1.54, 1.807) is 0 Å². The Hall–Kier alpha value is 0.270. The zero-order chi connectivity index (χ0) is 7.72. The van der Waals surface area contributed by atoms with E-state index in [9.17, 15) is 4.39 Å². The van der Waals surface area contributed by atoms with Crippen molar-refractivity contribution in [1.82, 2.24) is 0 Å². The molecule has 0 N–H and O–H groups in total. The van der Waals surface area contributed by atoms with Crippen LogP contribution in [0.2, 0.25) is 5.02 Å². The van der Waals surface area contributed by atoms with Gasteiger partial charge in [0.2, 0.25) is 0 Å². The molecule has 1 aromatic carbocycles. The van der Waals surface area contributed by atoms with Gasteiger partial charge in [-0.05, 0) is 28.1 Å². The number of hydrogen-bond donors (Lipinski definition) is 1. The first-order valence-corrected chi connectivity index (χ1v) is 4.06. The monoisotopic (exact) mass is 240 g/mol. The van der Waals surface area contributed by atoms with Crippen LogP contribution < -0.4 is 0 Å². The number of rotatable bonds is 0. The van der Waals surface area contributed by atoms with Crippen LogP contribution in [0.1, 0.15) is 0 Å². The maximum absolute atomic E-state index is 12.6. The molecular weight excluding hydrogens is 238 g/mol. The summed E-state index contributed by atoms with van der Waals surface area (Å²) in [6, 6.07) is 2.73. The Labute approximate surface area is 76.9 Å². The lowest BCUT2D eigenvalue weighted by Crippen LogP contribution is -1.77. The van der Waals surface area contributed by atoms with Crippen LogP contribution in [0.5, 0.6) is 0 Å². The molecule has 10 heavy (non-hydrogen) atoms. The van der Waals surface area contributed by atoms with Crippen LogP contribution >= 0.6 is 40.2 Å². The highest BCUT2D eigenvalue weighted by Gasteiger charge is 2.02. The van der Waals surface area contributed by atoms with Gasteiger partial charge < -0.3 is 0 Å². The average Bonchev–Trinajstić information content (AvgIpc) is 1.84. The molecule has 0 unspecified atom stereocenters. The van der Waals surface area contributed by atoms with Crippen LogP contribution in [-0.4, -0.2) is 0 Å². The van der Waals surface area contributed by atoms with E-state index in [0.29, 0.717) is 9.37 Å². The second kappa shape index (κ2) is 3.11. The van der Waals surface area contributed by atoms with Crippen LogP contribution in [0.15, 0.2) is 21.5 Å². The lowest BCUT2D eigenvalue weighted by molar-refractivity contribution is 0.626. The summed E-state index contributed by atoms with van der Waals surface area (Å²) in [5.74, 6) is -0.439. The molecule has 4 heteroatoms. The molecule has 0 saturated carbocycles. The highest BCUT2D eigenvalue weighted by atomic mass is 79.9. The molecule has 0 saturated heterocycles. The Kier molecular flexibility index (Phi) is 2.61. The molecule has 0 nitrogen and oxygen atoms in total. The topological polar surface area (TPSA) is 0 Å². The maximum Gasteiger partial charge on any atom is 0.142 e. The number of benzene rings is 1. The number of thiol groups is 1. The van der Waals surface area contributed by atoms with Gasteiger partial charge >= 0.3 is 0 Å². The largest absolute Gasteiger partial charge is 0.205 e. The minimum Gasteiger partial charge on any atom is -0.205 e. The van der Waals surface area contributed by atoms with Crippen molar-refractivity contribution in [3.05, 3.63) is 27.4 Å².